The molecule has 2 heterocycles. The first kappa shape index (κ1) is 8.52. The molecule has 2 saturated heterocycles. The fourth-order valence-corrected chi connectivity index (χ4v) is 2.47. The van der Waals surface area contributed by atoms with Gasteiger partial charge in [-0.15, -0.1) is 0 Å². The first-order valence-electron chi connectivity index (χ1n) is 5.25. The Morgan fingerprint density at radius 2 is 2.00 bits per heavy atom. The van der Waals surface area contributed by atoms with Gasteiger partial charge in [0, 0.05) is 13.1 Å². The minimum absolute atomic E-state index is 0.618. The molecule has 2 aliphatic heterocycles. The maximum atomic E-state index is 4.50. The van der Waals surface area contributed by atoms with E-state index in [-0.39, 0.29) is 0 Å². The molecule has 2 rings (SSSR count). The van der Waals surface area contributed by atoms with Crippen molar-refractivity contribution >= 4 is 0 Å². The van der Waals surface area contributed by atoms with Crippen molar-refractivity contribution in [3.05, 3.63) is 0 Å². The standard InChI is InChI=1S/C10H19N2/c1-2-6-11-7-4-10(3-1)5-8-12-9-10/h11H,1-9H2. The Morgan fingerprint density at radius 3 is 2.83 bits per heavy atom. The first-order chi connectivity index (χ1) is 5.91. The third kappa shape index (κ3) is 1.80. The summed E-state index contributed by atoms with van der Waals surface area (Å²) >= 11 is 0. The molecule has 0 aliphatic carbocycles. The minimum atomic E-state index is 0.618. The Bertz CT molecular complexity index is 129. The van der Waals surface area contributed by atoms with Gasteiger partial charge in [-0.1, -0.05) is 6.42 Å². The van der Waals surface area contributed by atoms with E-state index in [1.807, 2.05) is 0 Å². The summed E-state index contributed by atoms with van der Waals surface area (Å²) < 4.78 is 0. The molecule has 1 unspecified atom stereocenters. The van der Waals surface area contributed by atoms with Crippen LogP contribution in [0.25, 0.3) is 0 Å². The SMILES string of the molecule is C1CCC2(CC[N]C2)CCNC1. The number of hydrogen-bond donors (Lipinski definition) is 1. The van der Waals surface area contributed by atoms with Crippen LogP contribution in [0.3, 0.4) is 0 Å². The molecule has 1 atom stereocenters. The summed E-state index contributed by atoms with van der Waals surface area (Å²) in [7, 11) is 0. The maximum absolute atomic E-state index is 4.50. The molecule has 2 nitrogen and oxygen atoms in total. The molecule has 69 valence electrons. The Morgan fingerprint density at radius 1 is 1.00 bits per heavy atom. The van der Waals surface area contributed by atoms with Crippen LogP contribution in [0, 0.1) is 5.41 Å². The van der Waals surface area contributed by atoms with Crippen LogP contribution in [0.4, 0.5) is 0 Å². The Labute approximate surface area is 75.1 Å². The van der Waals surface area contributed by atoms with Crippen LogP contribution in [0.1, 0.15) is 32.1 Å². The van der Waals surface area contributed by atoms with Crippen molar-refractivity contribution in [1.29, 1.82) is 0 Å². The number of nitrogens with one attached hydrogen (secondary N) is 1. The van der Waals surface area contributed by atoms with E-state index in [1.54, 1.807) is 0 Å². The highest BCUT2D eigenvalue weighted by molar-refractivity contribution is 4.88. The first-order valence-corrected chi connectivity index (χ1v) is 5.25. The van der Waals surface area contributed by atoms with Gasteiger partial charge in [-0.3, -0.25) is 0 Å². The molecule has 2 fully saturated rings. The number of hydrogen-bond acceptors (Lipinski definition) is 1. The Hall–Kier alpha value is -0.0800. The normalized spacial score (nSPS) is 38.0. The summed E-state index contributed by atoms with van der Waals surface area (Å²) in [4.78, 5) is 0. The highest BCUT2D eigenvalue weighted by Gasteiger charge is 2.33. The summed E-state index contributed by atoms with van der Waals surface area (Å²) in [5.74, 6) is 0. The van der Waals surface area contributed by atoms with E-state index in [2.05, 4.69) is 10.6 Å². The molecule has 0 saturated carbocycles. The second kappa shape index (κ2) is 3.75. The van der Waals surface area contributed by atoms with Crippen LogP contribution >= 0.6 is 0 Å². The van der Waals surface area contributed by atoms with Crippen LogP contribution in [0.2, 0.25) is 0 Å². The van der Waals surface area contributed by atoms with E-state index in [0.29, 0.717) is 5.41 Å². The Balaban J connectivity index is 1.92. The van der Waals surface area contributed by atoms with E-state index in [4.69, 9.17) is 0 Å². The van der Waals surface area contributed by atoms with E-state index in [9.17, 15) is 0 Å². The number of rotatable bonds is 0. The average Bonchev–Trinajstić information content (AvgIpc) is 2.47. The second-order valence-electron chi connectivity index (χ2n) is 4.31. The van der Waals surface area contributed by atoms with Crippen molar-refractivity contribution in [2.45, 2.75) is 32.1 Å². The summed E-state index contributed by atoms with van der Waals surface area (Å²) in [6.45, 7) is 4.72. The van der Waals surface area contributed by atoms with Crippen molar-refractivity contribution in [2.24, 2.45) is 5.41 Å². The highest BCUT2D eigenvalue weighted by Crippen LogP contribution is 2.36. The lowest BCUT2D eigenvalue weighted by Crippen LogP contribution is -2.31. The van der Waals surface area contributed by atoms with Gasteiger partial charge in [0.1, 0.15) is 0 Å². The van der Waals surface area contributed by atoms with Crippen molar-refractivity contribution in [3.8, 4) is 0 Å². The van der Waals surface area contributed by atoms with Gasteiger partial charge < -0.3 is 5.32 Å². The fourth-order valence-electron chi connectivity index (χ4n) is 2.47. The second-order valence-corrected chi connectivity index (χ2v) is 4.31. The third-order valence-corrected chi connectivity index (χ3v) is 3.39. The van der Waals surface area contributed by atoms with Gasteiger partial charge in [-0.25, -0.2) is 5.32 Å². The molecule has 2 aliphatic rings. The lowest BCUT2D eigenvalue weighted by atomic mass is 9.78. The molecule has 0 aromatic rings. The lowest BCUT2D eigenvalue weighted by Gasteiger charge is -2.30. The summed E-state index contributed by atoms with van der Waals surface area (Å²) in [6.07, 6.45) is 6.91. The molecular weight excluding hydrogens is 148 g/mol. The van der Waals surface area contributed by atoms with Crippen molar-refractivity contribution in [1.82, 2.24) is 10.6 Å². The van der Waals surface area contributed by atoms with E-state index >= 15 is 0 Å². The predicted molar refractivity (Wildman–Crippen MR) is 50.3 cm³/mol. The maximum Gasteiger partial charge on any atom is 0.0190 e. The molecule has 0 amide bonds. The van der Waals surface area contributed by atoms with Crippen molar-refractivity contribution < 1.29 is 0 Å². The van der Waals surface area contributed by atoms with Gasteiger partial charge in [0.05, 0.1) is 0 Å². The molecule has 0 aromatic heterocycles. The topological polar surface area (TPSA) is 26.1 Å². The molecule has 12 heavy (non-hydrogen) atoms. The zero-order valence-corrected chi connectivity index (χ0v) is 7.81. The van der Waals surface area contributed by atoms with Gasteiger partial charge in [0.2, 0.25) is 0 Å². The van der Waals surface area contributed by atoms with Gasteiger partial charge in [0.15, 0.2) is 0 Å². The van der Waals surface area contributed by atoms with E-state index in [0.717, 1.165) is 13.1 Å². The van der Waals surface area contributed by atoms with Gasteiger partial charge >= 0.3 is 0 Å². The van der Waals surface area contributed by atoms with E-state index in [1.165, 1.54) is 45.2 Å². The molecule has 1 N–H and O–H groups in total. The quantitative estimate of drug-likeness (QED) is 0.575. The van der Waals surface area contributed by atoms with Gasteiger partial charge in [0.25, 0.3) is 0 Å². The molecule has 1 radical (unpaired) electrons. The summed E-state index contributed by atoms with van der Waals surface area (Å²) in [6, 6.07) is 0. The molecular formula is C10H19N2. The average molecular weight is 167 g/mol. The zero-order valence-electron chi connectivity index (χ0n) is 7.81. The lowest BCUT2D eigenvalue weighted by molar-refractivity contribution is 0.244. The molecule has 0 aromatic carbocycles. The molecule has 1 spiro atoms. The zero-order chi connectivity index (χ0) is 8.28. The molecule has 2 heteroatoms. The fraction of sp³-hybridized carbons (Fsp3) is 1.00. The van der Waals surface area contributed by atoms with Crippen LogP contribution in [-0.2, 0) is 0 Å². The van der Waals surface area contributed by atoms with Crippen molar-refractivity contribution in [3.63, 3.8) is 0 Å². The van der Waals surface area contributed by atoms with E-state index < -0.39 is 0 Å². The van der Waals surface area contributed by atoms with Crippen molar-refractivity contribution in [2.75, 3.05) is 26.2 Å². The minimum Gasteiger partial charge on any atom is -0.317 e. The summed E-state index contributed by atoms with van der Waals surface area (Å²) in [5.41, 5.74) is 0.618. The summed E-state index contributed by atoms with van der Waals surface area (Å²) in [5, 5.41) is 8.00. The van der Waals surface area contributed by atoms with Gasteiger partial charge in [-0.05, 0) is 44.2 Å². The van der Waals surface area contributed by atoms with Crippen LogP contribution < -0.4 is 10.6 Å². The van der Waals surface area contributed by atoms with Crippen LogP contribution in [0.15, 0.2) is 0 Å². The smallest absolute Gasteiger partial charge is 0.0190 e. The number of nitrogens with zero attached hydrogens (tertiary/aromatic N) is 1. The Kier molecular flexibility index (Phi) is 2.66. The predicted octanol–water partition coefficient (Wildman–Crippen LogP) is 1.14. The largest absolute Gasteiger partial charge is 0.317 e. The third-order valence-electron chi connectivity index (χ3n) is 3.39. The van der Waals surface area contributed by atoms with Crippen LogP contribution in [0.5, 0.6) is 0 Å². The van der Waals surface area contributed by atoms with Crippen LogP contribution in [-0.4, -0.2) is 26.2 Å². The van der Waals surface area contributed by atoms with Gasteiger partial charge in [-0.2, -0.15) is 0 Å². The highest BCUT2D eigenvalue weighted by atomic mass is 14.9. The monoisotopic (exact) mass is 167 g/mol. The molecule has 0 bridgehead atoms.